The van der Waals surface area contributed by atoms with Crippen LogP contribution in [0.1, 0.15) is 30.1 Å². The highest BCUT2D eigenvalue weighted by Crippen LogP contribution is 2.27. The van der Waals surface area contributed by atoms with E-state index < -0.39 is 4.92 Å². The zero-order chi connectivity index (χ0) is 15.4. The molecule has 1 fully saturated rings. The zero-order valence-electron chi connectivity index (χ0n) is 11.9. The van der Waals surface area contributed by atoms with Crippen LogP contribution in [0.15, 0.2) is 18.2 Å². The summed E-state index contributed by atoms with van der Waals surface area (Å²) in [4.78, 5) is 24.4. The number of rotatable bonds is 4. The van der Waals surface area contributed by atoms with Crippen molar-refractivity contribution in [3.8, 4) is 0 Å². The molecule has 7 heteroatoms. The first-order chi connectivity index (χ1) is 10.0. The number of amides is 1. The molecule has 2 N–H and O–H groups in total. The Balaban J connectivity index is 2.11. The second-order valence-electron chi connectivity index (χ2n) is 4.94. The van der Waals surface area contributed by atoms with Crippen molar-refractivity contribution in [1.29, 1.82) is 0 Å². The monoisotopic (exact) mass is 293 g/mol. The minimum atomic E-state index is -0.576. The number of piperidine rings is 1. The van der Waals surface area contributed by atoms with Crippen molar-refractivity contribution < 1.29 is 14.5 Å². The van der Waals surface area contributed by atoms with Crippen molar-refractivity contribution in [3.05, 3.63) is 33.9 Å². The first-order valence-electron chi connectivity index (χ1n) is 6.98. The molecule has 0 aliphatic carbocycles. The maximum atomic E-state index is 12.4. The minimum absolute atomic E-state index is 0.0700. The molecular weight excluding hydrogens is 274 g/mol. The lowest BCUT2D eigenvalue weighted by Gasteiger charge is -2.32. The number of carbonyl (C=O) groups is 1. The van der Waals surface area contributed by atoms with E-state index in [0.717, 1.165) is 12.8 Å². The Bertz CT molecular complexity index is 539. The fourth-order valence-corrected chi connectivity index (χ4v) is 2.53. The van der Waals surface area contributed by atoms with Crippen LogP contribution >= 0.6 is 0 Å². The van der Waals surface area contributed by atoms with Gasteiger partial charge in [0.25, 0.3) is 11.6 Å². The highest BCUT2D eigenvalue weighted by atomic mass is 16.6. The summed E-state index contributed by atoms with van der Waals surface area (Å²) in [5, 5.41) is 10.9. The molecule has 1 aliphatic rings. The van der Waals surface area contributed by atoms with Crippen molar-refractivity contribution in [2.24, 2.45) is 0 Å². The van der Waals surface area contributed by atoms with Crippen LogP contribution in [0.4, 0.5) is 11.4 Å². The average Bonchev–Trinajstić information content (AvgIpc) is 2.47. The van der Waals surface area contributed by atoms with Gasteiger partial charge in [-0.15, -0.1) is 0 Å². The lowest BCUT2D eigenvalue weighted by atomic mass is 10.0. The fraction of sp³-hybridized carbons (Fsp3) is 0.500. The van der Waals surface area contributed by atoms with Crippen LogP contribution in [-0.4, -0.2) is 41.5 Å². The van der Waals surface area contributed by atoms with E-state index in [1.165, 1.54) is 18.2 Å². The maximum Gasteiger partial charge on any atom is 0.292 e. The molecule has 1 aromatic rings. The first kappa shape index (κ1) is 15.2. The fourth-order valence-electron chi connectivity index (χ4n) is 2.53. The van der Waals surface area contributed by atoms with Gasteiger partial charge in [-0.3, -0.25) is 14.9 Å². The van der Waals surface area contributed by atoms with Crippen molar-refractivity contribution >= 4 is 17.3 Å². The van der Waals surface area contributed by atoms with E-state index in [-0.39, 0.29) is 28.9 Å². The summed E-state index contributed by atoms with van der Waals surface area (Å²) in [5.41, 5.74) is 5.65. The van der Waals surface area contributed by atoms with Gasteiger partial charge in [0.1, 0.15) is 5.69 Å². The number of carbonyl (C=O) groups excluding carboxylic acids is 1. The minimum Gasteiger partial charge on any atom is -0.393 e. The molecule has 0 saturated carbocycles. The number of nitro groups is 1. The number of nitro benzene ring substituents is 1. The van der Waals surface area contributed by atoms with Crippen molar-refractivity contribution in [2.45, 2.75) is 25.9 Å². The van der Waals surface area contributed by atoms with Gasteiger partial charge in [0.05, 0.1) is 16.6 Å². The van der Waals surface area contributed by atoms with Gasteiger partial charge >= 0.3 is 0 Å². The SMILES string of the molecule is CCOC1CCN(C(=O)c2cccc([N+](=O)[O-])c2N)CC1. The van der Waals surface area contributed by atoms with Crippen molar-refractivity contribution in [2.75, 3.05) is 25.4 Å². The molecule has 1 aliphatic heterocycles. The van der Waals surface area contributed by atoms with Gasteiger partial charge in [-0.05, 0) is 25.8 Å². The second kappa shape index (κ2) is 6.53. The van der Waals surface area contributed by atoms with Gasteiger partial charge in [-0.1, -0.05) is 6.07 Å². The van der Waals surface area contributed by atoms with Gasteiger partial charge in [0.15, 0.2) is 0 Å². The predicted octanol–water partition coefficient (Wildman–Crippen LogP) is 1.82. The molecule has 0 atom stereocenters. The van der Waals surface area contributed by atoms with Crippen LogP contribution in [0.2, 0.25) is 0 Å². The zero-order valence-corrected chi connectivity index (χ0v) is 11.9. The summed E-state index contributed by atoms with van der Waals surface area (Å²) >= 11 is 0. The summed E-state index contributed by atoms with van der Waals surface area (Å²) in [6.45, 7) is 3.76. The van der Waals surface area contributed by atoms with E-state index in [4.69, 9.17) is 10.5 Å². The van der Waals surface area contributed by atoms with Crippen LogP contribution in [0.5, 0.6) is 0 Å². The molecule has 1 heterocycles. The summed E-state index contributed by atoms with van der Waals surface area (Å²) in [6, 6.07) is 4.31. The van der Waals surface area contributed by atoms with Crippen molar-refractivity contribution in [3.63, 3.8) is 0 Å². The standard InChI is InChI=1S/C14H19N3O4/c1-2-21-10-6-8-16(9-7-10)14(18)11-4-3-5-12(13(11)15)17(19)20/h3-5,10H,2,6-9,15H2,1H3. The lowest BCUT2D eigenvalue weighted by molar-refractivity contribution is -0.383. The number of nitrogens with two attached hydrogens (primary N) is 1. The van der Waals surface area contributed by atoms with Crippen LogP contribution in [0.3, 0.4) is 0 Å². The highest BCUT2D eigenvalue weighted by molar-refractivity contribution is 6.01. The molecule has 1 aromatic carbocycles. The molecule has 0 aromatic heterocycles. The maximum absolute atomic E-state index is 12.4. The third-order valence-corrected chi connectivity index (χ3v) is 3.64. The molecule has 114 valence electrons. The highest BCUT2D eigenvalue weighted by Gasteiger charge is 2.27. The van der Waals surface area contributed by atoms with Crippen LogP contribution in [0, 0.1) is 10.1 Å². The summed E-state index contributed by atoms with van der Waals surface area (Å²) in [5.74, 6) is -0.258. The Hall–Kier alpha value is -2.15. The first-order valence-corrected chi connectivity index (χ1v) is 6.98. The third-order valence-electron chi connectivity index (χ3n) is 3.64. The van der Waals surface area contributed by atoms with Crippen molar-refractivity contribution in [1.82, 2.24) is 4.90 Å². The quantitative estimate of drug-likeness (QED) is 0.518. The largest absolute Gasteiger partial charge is 0.393 e. The molecular formula is C14H19N3O4. The number of para-hydroxylation sites is 1. The van der Waals surface area contributed by atoms with E-state index in [9.17, 15) is 14.9 Å². The Morgan fingerprint density at radius 1 is 1.48 bits per heavy atom. The summed E-state index contributed by atoms with van der Waals surface area (Å²) in [6.07, 6.45) is 1.73. The smallest absolute Gasteiger partial charge is 0.292 e. The van der Waals surface area contributed by atoms with Crippen LogP contribution in [-0.2, 0) is 4.74 Å². The molecule has 2 rings (SSSR count). The van der Waals surface area contributed by atoms with E-state index in [1.54, 1.807) is 4.90 Å². The molecule has 1 amide bonds. The number of nitrogens with zero attached hydrogens (tertiary/aromatic N) is 2. The summed E-state index contributed by atoms with van der Waals surface area (Å²) < 4.78 is 5.54. The van der Waals surface area contributed by atoms with E-state index in [2.05, 4.69) is 0 Å². The molecule has 0 spiro atoms. The molecule has 0 radical (unpaired) electrons. The molecule has 1 saturated heterocycles. The van der Waals surface area contributed by atoms with Gasteiger partial charge in [-0.25, -0.2) is 0 Å². The van der Waals surface area contributed by atoms with Gasteiger partial charge in [-0.2, -0.15) is 0 Å². The van der Waals surface area contributed by atoms with E-state index >= 15 is 0 Å². The van der Waals surface area contributed by atoms with Gasteiger partial charge < -0.3 is 15.4 Å². The second-order valence-corrected chi connectivity index (χ2v) is 4.94. The Kier molecular flexibility index (Phi) is 4.74. The number of anilines is 1. The van der Waals surface area contributed by atoms with E-state index in [0.29, 0.717) is 19.7 Å². The average molecular weight is 293 g/mol. The number of hydrogen-bond donors (Lipinski definition) is 1. The van der Waals surface area contributed by atoms with E-state index in [1.807, 2.05) is 6.92 Å². The lowest BCUT2D eigenvalue weighted by Crippen LogP contribution is -2.41. The van der Waals surface area contributed by atoms with Crippen LogP contribution in [0.25, 0.3) is 0 Å². The normalized spacial score (nSPS) is 16.0. The van der Waals surface area contributed by atoms with Crippen LogP contribution < -0.4 is 5.73 Å². The topological polar surface area (TPSA) is 98.7 Å². The number of hydrogen-bond acceptors (Lipinski definition) is 5. The van der Waals surface area contributed by atoms with Gasteiger partial charge in [0, 0.05) is 25.8 Å². The Morgan fingerprint density at radius 3 is 2.71 bits per heavy atom. The number of ether oxygens (including phenoxy) is 1. The molecule has 7 nitrogen and oxygen atoms in total. The number of likely N-dealkylation sites (tertiary alicyclic amines) is 1. The number of nitrogen functional groups attached to an aromatic ring is 1. The molecule has 0 unspecified atom stereocenters. The Morgan fingerprint density at radius 2 is 2.14 bits per heavy atom. The molecule has 0 bridgehead atoms. The van der Waals surface area contributed by atoms with Gasteiger partial charge in [0.2, 0.25) is 0 Å². The Labute approximate surface area is 122 Å². The third kappa shape index (κ3) is 3.30. The molecule has 21 heavy (non-hydrogen) atoms. The summed E-state index contributed by atoms with van der Waals surface area (Å²) in [7, 11) is 0. The number of benzene rings is 1. The predicted molar refractivity (Wildman–Crippen MR) is 78.1 cm³/mol.